The first-order valence-electron chi connectivity index (χ1n) is 11.4. The molecule has 0 amide bonds. The Morgan fingerprint density at radius 1 is 0.943 bits per heavy atom. The van der Waals surface area contributed by atoms with Crippen LogP contribution in [0.1, 0.15) is 35.7 Å². The summed E-state index contributed by atoms with van der Waals surface area (Å²) in [4.78, 5) is 36.0. The van der Waals surface area contributed by atoms with Crippen LogP contribution in [0.3, 0.4) is 0 Å². The van der Waals surface area contributed by atoms with E-state index in [-0.39, 0.29) is 12.4 Å². The normalized spacial score (nSPS) is 12.7. The monoisotopic (exact) mass is 464 g/mol. The van der Waals surface area contributed by atoms with E-state index in [9.17, 15) is 4.79 Å². The smallest absolute Gasteiger partial charge is 0.226 e. The van der Waals surface area contributed by atoms with Gasteiger partial charge in [0.2, 0.25) is 5.95 Å². The Balaban J connectivity index is 1.31. The summed E-state index contributed by atoms with van der Waals surface area (Å²) < 4.78 is 5.64. The van der Waals surface area contributed by atoms with Crippen LogP contribution in [-0.4, -0.2) is 37.3 Å². The van der Waals surface area contributed by atoms with Gasteiger partial charge in [0.25, 0.3) is 0 Å². The molecule has 0 radical (unpaired) electrons. The quantitative estimate of drug-likeness (QED) is 0.379. The lowest BCUT2D eigenvalue weighted by atomic mass is 10.1. The van der Waals surface area contributed by atoms with Crippen molar-refractivity contribution >= 4 is 23.9 Å². The van der Waals surface area contributed by atoms with Crippen LogP contribution in [0, 0.1) is 0 Å². The summed E-state index contributed by atoms with van der Waals surface area (Å²) in [6.07, 6.45) is 11.4. The van der Waals surface area contributed by atoms with Crippen LogP contribution in [0.5, 0.6) is 5.75 Å². The second-order valence-corrected chi connectivity index (χ2v) is 8.13. The first-order chi connectivity index (χ1) is 17.2. The van der Waals surface area contributed by atoms with Gasteiger partial charge < -0.3 is 9.64 Å². The predicted octanol–water partition coefficient (Wildman–Crippen LogP) is 4.38. The number of hydrogen-bond donors (Lipinski definition) is 0. The van der Waals surface area contributed by atoms with E-state index in [2.05, 4.69) is 24.8 Å². The first kappa shape index (κ1) is 22.3. The molecule has 0 atom stereocenters. The second kappa shape index (κ2) is 10.2. The zero-order valence-electron chi connectivity index (χ0n) is 19.3. The summed E-state index contributed by atoms with van der Waals surface area (Å²) in [5, 5.41) is 0. The van der Waals surface area contributed by atoms with E-state index in [0.29, 0.717) is 42.7 Å². The van der Waals surface area contributed by atoms with Gasteiger partial charge in [-0.25, -0.2) is 19.9 Å². The molecule has 0 spiro atoms. The minimum atomic E-state index is 0.0801. The molecule has 174 valence electrons. The summed E-state index contributed by atoms with van der Waals surface area (Å²) in [6.45, 7) is 3.29. The predicted molar refractivity (Wildman–Crippen MR) is 133 cm³/mol. The summed E-state index contributed by atoms with van der Waals surface area (Å²) >= 11 is 0. The van der Waals surface area contributed by atoms with E-state index in [1.54, 1.807) is 24.8 Å². The maximum Gasteiger partial charge on any atom is 0.226 e. The van der Waals surface area contributed by atoms with Crippen molar-refractivity contribution < 1.29 is 9.53 Å². The number of fused-ring (bicyclic) bond motifs is 1. The molecule has 5 rings (SSSR count). The van der Waals surface area contributed by atoms with Gasteiger partial charge in [0.15, 0.2) is 11.6 Å². The van der Waals surface area contributed by atoms with E-state index in [1.165, 1.54) is 5.56 Å². The molecule has 0 aliphatic carbocycles. The van der Waals surface area contributed by atoms with Crippen molar-refractivity contribution in [1.82, 2.24) is 24.9 Å². The SMILES string of the molecule is CCC(=O)COc1ccc2c(c1)CN(c1nccc(-c3nccc(/C=C/c4ccncc4)n3)n1)C2. The van der Waals surface area contributed by atoms with Gasteiger partial charge in [0.05, 0.1) is 5.69 Å². The number of ketones is 1. The van der Waals surface area contributed by atoms with E-state index in [0.717, 1.165) is 16.8 Å². The van der Waals surface area contributed by atoms with Crippen LogP contribution in [-0.2, 0) is 17.9 Å². The molecule has 1 aliphatic heterocycles. The summed E-state index contributed by atoms with van der Waals surface area (Å²) in [5.74, 6) is 1.94. The molecule has 1 aliphatic rings. The Hall–Kier alpha value is -4.46. The number of aromatic nitrogens is 5. The van der Waals surface area contributed by atoms with Crippen LogP contribution in [0.15, 0.2) is 67.3 Å². The second-order valence-electron chi connectivity index (χ2n) is 8.13. The molecule has 0 unspecified atom stereocenters. The highest BCUT2D eigenvalue weighted by Gasteiger charge is 2.22. The van der Waals surface area contributed by atoms with Crippen LogP contribution < -0.4 is 9.64 Å². The fraction of sp³-hybridized carbons (Fsp3) is 0.185. The highest BCUT2D eigenvalue weighted by atomic mass is 16.5. The van der Waals surface area contributed by atoms with Crippen molar-refractivity contribution in [2.45, 2.75) is 26.4 Å². The zero-order valence-corrected chi connectivity index (χ0v) is 19.3. The third kappa shape index (κ3) is 5.38. The van der Waals surface area contributed by atoms with E-state index in [1.807, 2.05) is 61.5 Å². The first-order valence-corrected chi connectivity index (χ1v) is 11.4. The molecule has 8 heteroatoms. The van der Waals surface area contributed by atoms with Crippen molar-refractivity contribution in [3.8, 4) is 17.3 Å². The van der Waals surface area contributed by atoms with E-state index < -0.39 is 0 Å². The fourth-order valence-electron chi connectivity index (χ4n) is 3.74. The molecule has 0 saturated heterocycles. The van der Waals surface area contributed by atoms with Crippen molar-refractivity contribution in [3.05, 3.63) is 89.6 Å². The number of pyridine rings is 1. The number of hydrogen-bond acceptors (Lipinski definition) is 8. The lowest BCUT2D eigenvalue weighted by Gasteiger charge is -2.15. The van der Waals surface area contributed by atoms with Crippen molar-refractivity contribution in [2.75, 3.05) is 11.5 Å². The molecule has 3 aromatic heterocycles. The highest BCUT2D eigenvalue weighted by Crippen LogP contribution is 2.29. The molecule has 4 aromatic rings. The van der Waals surface area contributed by atoms with Gasteiger partial charge in [-0.3, -0.25) is 9.78 Å². The van der Waals surface area contributed by atoms with Gasteiger partial charge >= 0.3 is 0 Å². The molecule has 8 nitrogen and oxygen atoms in total. The lowest BCUT2D eigenvalue weighted by Crippen LogP contribution is -2.17. The topological polar surface area (TPSA) is 94.0 Å². The van der Waals surface area contributed by atoms with Gasteiger partial charge in [0, 0.05) is 44.3 Å². The van der Waals surface area contributed by atoms with Crippen molar-refractivity contribution in [3.63, 3.8) is 0 Å². The molecule has 1 aromatic carbocycles. The number of carbonyl (C=O) groups is 1. The minimum absolute atomic E-state index is 0.0801. The van der Waals surface area contributed by atoms with Gasteiger partial charge in [0.1, 0.15) is 18.1 Å². The van der Waals surface area contributed by atoms with Crippen LogP contribution in [0.2, 0.25) is 0 Å². The molecular formula is C27H24N6O2. The number of Topliss-reactive ketones (excluding diaryl/α,β-unsaturated/α-hetero) is 1. The van der Waals surface area contributed by atoms with E-state index in [4.69, 9.17) is 9.72 Å². The van der Waals surface area contributed by atoms with Crippen molar-refractivity contribution in [2.24, 2.45) is 0 Å². The van der Waals surface area contributed by atoms with Crippen LogP contribution in [0.25, 0.3) is 23.7 Å². The molecule has 35 heavy (non-hydrogen) atoms. The van der Waals surface area contributed by atoms with Crippen LogP contribution >= 0.6 is 0 Å². The Morgan fingerprint density at radius 2 is 1.77 bits per heavy atom. The Bertz CT molecular complexity index is 1370. The minimum Gasteiger partial charge on any atom is -0.486 e. The standard InChI is InChI=1S/C27H24N6O2/c1-2-23(34)18-35-24-6-4-20-16-33(17-21(20)15-24)27-30-14-10-25(32-27)26-29-13-9-22(31-26)5-3-19-7-11-28-12-8-19/h3-15H,2,16-18H2,1H3/b5-3+. The number of ether oxygens (including phenoxy) is 1. The number of carbonyl (C=O) groups excluding carboxylic acids is 1. The maximum absolute atomic E-state index is 11.6. The molecule has 0 bridgehead atoms. The molecule has 4 heterocycles. The average molecular weight is 465 g/mol. The number of benzene rings is 1. The number of anilines is 1. The maximum atomic E-state index is 11.6. The van der Waals surface area contributed by atoms with Crippen LogP contribution in [0.4, 0.5) is 5.95 Å². The average Bonchev–Trinajstić information content (AvgIpc) is 3.35. The Labute approximate surface area is 203 Å². The number of rotatable bonds is 8. The fourth-order valence-corrected chi connectivity index (χ4v) is 3.74. The van der Waals surface area contributed by atoms with Gasteiger partial charge in [-0.15, -0.1) is 0 Å². The lowest BCUT2D eigenvalue weighted by molar-refractivity contribution is -0.120. The van der Waals surface area contributed by atoms with E-state index >= 15 is 0 Å². The van der Waals surface area contributed by atoms with Gasteiger partial charge in [-0.05, 0) is 59.2 Å². The summed E-state index contributed by atoms with van der Waals surface area (Å²) in [6, 6.07) is 13.5. The number of nitrogens with zero attached hydrogens (tertiary/aromatic N) is 6. The summed E-state index contributed by atoms with van der Waals surface area (Å²) in [5.41, 5.74) is 4.82. The molecule has 0 N–H and O–H groups in total. The highest BCUT2D eigenvalue weighted by molar-refractivity contribution is 5.79. The molecule has 0 saturated carbocycles. The zero-order chi connectivity index (χ0) is 24.0. The van der Waals surface area contributed by atoms with Gasteiger partial charge in [-0.2, -0.15) is 0 Å². The molecule has 0 fully saturated rings. The van der Waals surface area contributed by atoms with Crippen molar-refractivity contribution in [1.29, 1.82) is 0 Å². The third-order valence-electron chi connectivity index (χ3n) is 5.68. The Morgan fingerprint density at radius 3 is 2.63 bits per heavy atom. The molecular weight excluding hydrogens is 440 g/mol. The Kier molecular flexibility index (Phi) is 6.52. The van der Waals surface area contributed by atoms with Gasteiger partial charge in [-0.1, -0.05) is 19.1 Å². The largest absolute Gasteiger partial charge is 0.486 e. The third-order valence-corrected chi connectivity index (χ3v) is 5.68. The summed E-state index contributed by atoms with van der Waals surface area (Å²) in [7, 11) is 0.